The van der Waals surface area contributed by atoms with Gasteiger partial charge in [-0.05, 0) is 24.8 Å². The summed E-state index contributed by atoms with van der Waals surface area (Å²) in [6, 6.07) is 4.20. The largest absolute Gasteiger partial charge is 0.357 e. The Morgan fingerprint density at radius 1 is 1.38 bits per heavy atom. The Morgan fingerprint density at radius 3 is 2.67 bits per heavy atom. The van der Waals surface area contributed by atoms with E-state index in [9.17, 15) is 8.42 Å². The summed E-state index contributed by atoms with van der Waals surface area (Å²) < 4.78 is 24.6. The number of thiophene rings is 1. The molecule has 1 heterocycles. The minimum Gasteiger partial charge on any atom is -0.357 e. The Kier molecular flexibility index (Phi) is 9.31. The molecule has 0 amide bonds. The highest BCUT2D eigenvalue weighted by Crippen LogP contribution is 2.20. The smallest absolute Gasteiger partial charge is 0.211 e. The van der Waals surface area contributed by atoms with E-state index in [4.69, 9.17) is 0 Å². The lowest BCUT2D eigenvalue weighted by Crippen LogP contribution is -2.39. The molecule has 0 saturated heterocycles. The van der Waals surface area contributed by atoms with Crippen LogP contribution in [0, 0.1) is 0 Å². The molecule has 138 valence electrons. The number of nitrogens with zero attached hydrogens (tertiary/aromatic N) is 2. The average Bonchev–Trinajstić information content (AvgIpc) is 3.05. The maximum atomic E-state index is 11.6. The highest BCUT2D eigenvalue weighted by Gasteiger charge is 2.13. The molecule has 1 rings (SSSR count). The quantitative estimate of drug-likeness (QED) is 0.374. The molecule has 1 atom stereocenters. The lowest BCUT2D eigenvalue weighted by atomic mass is 10.1. The van der Waals surface area contributed by atoms with Crippen LogP contribution in [0.2, 0.25) is 0 Å². The van der Waals surface area contributed by atoms with E-state index in [2.05, 4.69) is 40.1 Å². The van der Waals surface area contributed by atoms with Crippen molar-refractivity contribution >= 4 is 27.3 Å². The van der Waals surface area contributed by atoms with Crippen molar-refractivity contribution in [1.82, 2.24) is 14.9 Å². The molecule has 0 saturated carbocycles. The Balaban J connectivity index is 2.44. The zero-order valence-corrected chi connectivity index (χ0v) is 16.7. The number of rotatable bonds is 10. The van der Waals surface area contributed by atoms with Crippen LogP contribution in [0.5, 0.6) is 0 Å². The van der Waals surface area contributed by atoms with Crippen LogP contribution >= 0.6 is 11.3 Å². The van der Waals surface area contributed by atoms with E-state index in [-0.39, 0.29) is 0 Å². The summed E-state index contributed by atoms with van der Waals surface area (Å²) in [4.78, 5) is 5.96. The van der Waals surface area contributed by atoms with Crippen LogP contribution in [0.25, 0.3) is 0 Å². The lowest BCUT2D eigenvalue weighted by molar-refractivity contribution is 0.424. The first-order valence-electron chi connectivity index (χ1n) is 8.39. The summed E-state index contributed by atoms with van der Waals surface area (Å²) in [5.74, 6) is 1.17. The predicted molar refractivity (Wildman–Crippen MR) is 103 cm³/mol. The highest BCUT2D eigenvalue weighted by molar-refractivity contribution is 7.88. The fraction of sp³-hybridized carbons (Fsp3) is 0.688. The monoisotopic (exact) mass is 374 g/mol. The molecule has 0 radical (unpaired) electrons. The van der Waals surface area contributed by atoms with Gasteiger partial charge in [0.1, 0.15) is 0 Å². The van der Waals surface area contributed by atoms with Crippen LogP contribution < -0.4 is 10.6 Å². The number of guanidine groups is 1. The third-order valence-corrected chi connectivity index (χ3v) is 6.08. The van der Waals surface area contributed by atoms with Gasteiger partial charge in [0.25, 0.3) is 0 Å². The number of aliphatic imine (C=N–C) groups is 1. The number of hydrogen-bond donors (Lipinski definition) is 2. The van der Waals surface area contributed by atoms with Gasteiger partial charge >= 0.3 is 0 Å². The van der Waals surface area contributed by atoms with Gasteiger partial charge < -0.3 is 10.6 Å². The van der Waals surface area contributed by atoms with Gasteiger partial charge in [-0.1, -0.05) is 19.9 Å². The van der Waals surface area contributed by atoms with Gasteiger partial charge in [0.05, 0.1) is 12.8 Å². The average molecular weight is 375 g/mol. The van der Waals surface area contributed by atoms with Gasteiger partial charge in [-0.25, -0.2) is 12.7 Å². The highest BCUT2D eigenvalue weighted by atomic mass is 32.2. The van der Waals surface area contributed by atoms with Gasteiger partial charge in [-0.15, -0.1) is 11.3 Å². The van der Waals surface area contributed by atoms with E-state index in [1.807, 2.05) is 13.8 Å². The molecule has 0 spiro atoms. The van der Waals surface area contributed by atoms with Crippen LogP contribution in [0.15, 0.2) is 22.5 Å². The molecule has 1 aromatic rings. The van der Waals surface area contributed by atoms with Gasteiger partial charge in [0.15, 0.2) is 5.96 Å². The normalized spacial score (nSPS) is 14.0. The first-order chi connectivity index (χ1) is 11.4. The first-order valence-corrected chi connectivity index (χ1v) is 11.1. The third-order valence-electron chi connectivity index (χ3n) is 3.59. The minimum absolute atomic E-state index is 0.390. The number of hydrogen-bond acceptors (Lipinski definition) is 4. The van der Waals surface area contributed by atoms with Crippen molar-refractivity contribution in [1.29, 1.82) is 0 Å². The van der Waals surface area contributed by atoms with E-state index in [0.717, 1.165) is 25.5 Å². The molecule has 0 fully saturated rings. The summed E-state index contributed by atoms with van der Waals surface area (Å²) >= 11 is 1.75. The van der Waals surface area contributed by atoms with Crippen molar-refractivity contribution in [2.45, 2.75) is 33.1 Å². The fourth-order valence-corrected chi connectivity index (χ4v) is 3.96. The summed E-state index contributed by atoms with van der Waals surface area (Å²) in [7, 11) is -3.11. The Morgan fingerprint density at radius 2 is 2.12 bits per heavy atom. The number of nitrogens with one attached hydrogen (secondary N) is 2. The van der Waals surface area contributed by atoms with E-state index >= 15 is 0 Å². The minimum atomic E-state index is -3.11. The molecule has 0 aromatic carbocycles. The molecule has 24 heavy (non-hydrogen) atoms. The van der Waals surface area contributed by atoms with Crippen molar-refractivity contribution in [3.8, 4) is 0 Å². The van der Waals surface area contributed by atoms with Gasteiger partial charge in [-0.2, -0.15) is 0 Å². The zero-order valence-electron chi connectivity index (χ0n) is 15.1. The summed E-state index contributed by atoms with van der Waals surface area (Å²) in [5.41, 5.74) is 0. The van der Waals surface area contributed by atoms with Crippen molar-refractivity contribution in [3.63, 3.8) is 0 Å². The van der Waals surface area contributed by atoms with Crippen LogP contribution in [0.1, 0.15) is 38.0 Å². The fourth-order valence-electron chi connectivity index (χ4n) is 2.25. The van der Waals surface area contributed by atoms with Gasteiger partial charge in [0.2, 0.25) is 10.0 Å². The SMILES string of the molecule is CCNC(=NCC(C)c1cccs1)NCCCN(CC)S(C)(=O)=O. The molecule has 0 aliphatic rings. The molecular weight excluding hydrogens is 344 g/mol. The van der Waals surface area contributed by atoms with Crippen molar-refractivity contribution in [3.05, 3.63) is 22.4 Å². The molecule has 0 aliphatic carbocycles. The molecule has 1 unspecified atom stereocenters. The van der Waals surface area contributed by atoms with Crippen LogP contribution in [-0.2, 0) is 10.0 Å². The lowest BCUT2D eigenvalue weighted by Gasteiger charge is -2.18. The second-order valence-corrected chi connectivity index (χ2v) is 8.63. The van der Waals surface area contributed by atoms with Crippen LogP contribution in [-0.4, -0.2) is 57.7 Å². The molecular formula is C16H30N4O2S2. The van der Waals surface area contributed by atoms with Crippen molar-refractivity contribution in [2.24, 2.45) is 4.99 Å². The second kappa shape index (κ2) is 10.7. The van der Waals surface area contributed by atoms with Crippen LogP contribution in [0.4, 0.5) is 0 Å². The molecule has 1 aromatic heterocycles. The third kappa shape index (κ3) is 7.63. The van der Waals surface area contributed by atoms with Crippen LogP contribution in [0.3, 0.4) is 0 Å². The van der Waals surface area contributed by atoms with E-state index < -0.39 is 10.0 Å². The van der Waals surface area contributed by atoms with E-state index in [0.29, 0.717) is 25.6 Å². The standard InChI is InChI=1S/C16H30N4O2S2/c1-5-17-16(19-13-14(3)15-9-7-12-23-15)18-10-8-11-20(6-2)24(4,21)22/h7,9,12,14H,5-6,8,10-11,13H2,1-4H3,(H2,17,18,19). The summed E-state index contributed by atoms with van der Waals surface area (Å²) in [6.45, 7) is 9.28. The molecule has 2 N–H and O–H groups in total. The first kappa shape index (κ1) is 20.9. The number of sulfonamides is 1. The topological polar surface area (TPSA) is 73.8 Å². The zero-order chi connectivity index (χ0) is 18.0. The molecule has 0 bridgehead atoms. The Bertz CT molecular complexity index is 585. The molecule has 6 nitrogen and oxygen atoms in total. The van der Waals surface area contributed by atoms with Crippen molar-refractivity contribution < 1.29 is 8.42 Å². The molecule has 8 heteroatoms. The summed E-state index contributed by atoms with van der Waals surface area (Å²) in [5, 5.41) is 8.58. The van der Waals surface area contributed by atoms with Gasteiger partial charge in [0, 0.05) is 37.0 Å². The molecule has 0 aliphatic heterocycles. The predicted octanol–water partition coefficient (Wildman–Crippen LogP) is 2.08. The van der Waals surface area contributed by atoms with E-state index in [1.54, 1.807) is 11.3 Å². The van der Waals surface area contributed by atoms with E-state index in [1.165, 1.54) is 15.4 Å². The maximum absolute atomic E-state index is 11.6. The Hall–Kier alpha value is -1.12. The van der Waals surface area contributed by atoms with Crippen molar-refractivity contribution in [2.75, 3.05) is 39.0 Å². The summed E-state index contributed by atoms with van der Waals surface area (Å²) in [6.07, 6.45) is 1.99. The second-order valence-electron chi connectivity index (χ2n) is 5.67. The Labute approximate surface area is 150 Å². The maximum Gasteiger partial charge on any atom is 0.211 e. The van der Waals surface area contributed by atoms with Gasteiger partial charge in [-0.3, -0.25) is 4.99 Å².